The second-order valence-corrected chi connectivity index (χ2v) is 7.97. The van der Waals surface area contributed by atoms with Crippen LogP contribution in [0.15, 0.2) is 54.6 Å². The predicted molar refractivity (Wildman–Crippen MR) is 119 cm³/mol. The lowest BCUT2D eigenvalue weighted by Gasteiger charge is -2.05. The van der Waals surface area contributed by atoms with Crippen molar-refractivity contribution in [1.29, 1.82) is 0 Å². The number of aromatic nitrogens is 1. The van der Waals surface area contributed by atoms with Gasteiger partial charge < -0.3 is 10.6 Å². The number of nitrogens with one attached hydrogen (secondary N) is 2. The van der Waals surface area contributed by atoms with Crippen LogP contribution in [-0.4, -0.2) is 29.1 Å². The molecule has 2 aromatic carbocycles. The van der Waals surface area contributed by atoms with Gasteiger partial charge in [-0.05, 0) is 30.7 Å². The van der Waals surface area contributed by atoms with Crippen molar-refractivity contribution in [3.8, 4) is 11.3 Å². The summed E-state index contributed by atoms with van der Waals surface area (Å²) in [6.07, 6.45) is 0.693. The van der Waals surface area contributed by atoms with Crippen LogP contribution in [0.2, 0.25) is 5.02 Å². The largest absolute Gasteiger partial charge is 0.352 e. The third-order valence-corrected chi connectivity index (χ3v) is 5.54. The fourth-order valence-electron chi connectivity index (χ4n) is 2.74. The van der Waals surface area contributed by atoms with Crippen molar-refractivity contribution < 1.29 is 14.4 Å². The molecule has 0 fully saturated rings. The molecule has 0 atom stereocenters. The number of anilines is 1. The molecule has 0 aliphatic carbocycles. The maximum atomic E-state index is 12.2. The molecule has 0 saturated carbocycles. The molecule has 0 aliphatic rings. The molecule has 3 rings (SSSR count). The molecular weight excluding hydrogens is 422 g/mol. The minimum atomic E-state index is -0.223. The molecule has 0 spiro atoms. The quantitative estimate of drug-likeness (QED) is 0.387. The molecule has 8 heteroatoms. The molecule has 0 bridgehead atoms. The Hall–Kier alpha value is -3.03. The highest BCUT2D eigenvalue weighted by Crippen LogP contribution is 2.31. The molecule has 2 N–H and O–H groups in total. The summed E-state index contributed by atoms with van der Waals surface area (Å²) in [4.78, 5) is 41.2. The molecule has 154 valence electrons. The fraction of sp³-hybridized carbons (Fsp3) is 0.182. The summed E-state index contributed by atoms with van der Waals surface area (Å²) in [6.45, 7) is 1.84. The Morgan fingerprint density at radius 3 is 2.40 bits per heavy atom. The number of halogens is 1. The second kappa shape index (κ2) is 10.1. The van der Waals surface area contributed by atoms with Gasteiger partial charge in [0.05, 0.1) is 10.6 Å². The first-order valence-electron chi connectivity index (χ1n) is 9.35. The summed E-state index contributed by atoms with van der Waals surface area (Å²) in [6, 6.07) is 16.0. The van der Waals surface area contributed by atoms with Crippen LogP contribution in [0, 0.1) is 0 Å². The Morgan fingerprint density at radius 2 is 1.73 bits per heavy atom. The molecule has 0 aliphatic heterocycles. The average molecular weight is 442 g/mol. The molecule has 1 heterocycles. The van der Waals surface area contributed by atoms with E-state index >= 15 is 0 Å². The van der Waals surface area contributed by atoms with Crippen molar-refractivity contribution in [3.63, 3.8) is 0 Å². The van der Waals surface area contributed by atoms with Gasteiger partial charge in [-0.1, -0.05) is 53.3 Å². The maximum Gasteiger partial charge on any atom is 0.251 e. The zero-order chi connectivity index (χ0) is 21.5. The van der Waals surface area contributed by atoms with E-state index in [2.05, 4.69) is 15.6 Å². The van der Waals surface area contributed by atoms with Crippen LogP contribution < -0.4 is 10.6 Å². The van der Waals surface area contributed by atoms with Gasteiger partial charge in [-0.3, -0.25) is 14.4 Å². The summed E-state index contributed by atoms with van der Waals surface area (Å²) < 4.78 is 0. The summed E-state index contributed by atoms with van der Waals surface area (Å²) in [7, 11) is 0. The number of hydrogen-bond donors (Lipinski definition) is 2. The van der Waals surface area contributed by atoms with Crippen molar-refractivity contribution in [2.75, 3.05) is 11.9 Å². The predicted octanol–water partition coefficient (Wildman–Crippen LogP) is 4.81. The number of carbonyl (C=O) groups is 3. The highest BCUT2D eigenvalue weighted by molar-refractivity contribution is 7.18. The smallest absolute Gasteiger partial charge is 0.251 e. The van der Waals surface area contributed by atoms with Crippen LogP contribution in [0.4, 0.5) is 5.13 Å². The van der Waals surface area contributed by atoms with E-state index in [1.165, 1.54) is 6.92 Å². The summed E-state index contributed by atoms with van der Waals surface area (Å²) in [5, 5.41) is 6.46. The molecule has 0 unspecified atom stereocenters. The minimum absolute atomic E-state index is 0.100. The van der Waals surface area contributed by atoms with E-state index in [0.29, 0.717) is 39.3 Å². The molecule has 0 saturated heterocycles. The lowest BCUT2D eigenvalue weighted by Crippen LogP contribution is -2.25. The van der Waals surface area contributed by atoms with E-state index in [1.54, 1.807) is 24.3 Å². The number of carbonyl (C=O) groups excluding carboxylic acids is 3. The third kappa shape index (κ3) is 5.75. The van der Waals surface area contributed by atoms with E-state index in [4.69, 9.17) is 11.6 Å². The Kier molecular flexibility index (Phi) is 7.32. The van der Waals surface area contributed by atoms with E-state index in [1.807, 2.05) is 30.3 Å². The van der Waals surface area contributed by atoms with Crippen LogP contribution in [0.3, 0.4) is 0 Å². The van der Waals surface area contributed by atoms with Crippen molar-refractivity contribution in [3.05, 3.63) is 70.1 Å². The standard InChI is InChI=1S/C22H20ClN3O3S/c1-14(27)20-19(15-6-3-2-4-7-15)26-22(30-20)25-18(28)8-5-13-24-21(29)16-9-11-17(23)12-10-16/h2-4,6-7,9-12H,5,8,13H2,1H3,(H,24,29)(H,25,26,28). The number of hydrogen-bond acceptors (Lipinski definition) is 5. The average Bonchev–Trinajstić information content (AvgIpc) is 3.16. The van der Waals surface area contributed by atoms with Gasteiger partial charge in [0, 0.05) is 36.0 Å². The van der Waals surface area contributed by atoms with E-state index in [-0.39, 0.29) is 24.0 Å². The molecule has 0 radical (unpaired) electrons. The van der Waals surface area contributed by atoms with E-state index < -0.39 is 0 Å². The minimum Gasteiger partial charge on any atom is -0.352 e. The SMILES string of the molecule is CC(=O)c1sc(NC(=O)CCCNC(=O)c2ccc(Cl)cc2)nc1-c1ccccc1. The second-order valence-electron chi connectivity index (χ2n) is 6.53. The lowest BCUT2D eigenvalue weighted by molar-refractivity contribution is -0.116. The van der Waals surface area contributed by atoms with Crippen molar-refractivity contribution in [2.24, 2.45) is 0 Å². The van der Waals surface area contributed by atoms with Gasteiger partial charge in [-0.15, -0.1) is 0 Å². The Labute approximate surface area is 183 Å². The van der Waals surface area contributed by atoms with Crippen molar-refractivity contribution in [1.82, 2.24) is 10.3 Å². The van der Waals surface area contributed by atoms with Crippen LogP contribution in [0.25, 0.3) is 11.3 Å². The van der Waals surface area contributed by atoms with Gasteiger partial charge in [0.25, 0.3) is 5.91 Å². The first-order valence-corrected chi connectivity index (χ1v) is 10.5. The Bertz CT molecular complexity index is 1050. The monoisotopic (exact) mass is 441 g/mol. The van der Waals surface area contributed by atoms with Crippen molar-refractivity contribution >= 4 is 45.7 Å². The van der Waals surface area contributed by atoms with Crippen LogP contribution in [0.5, 0.6) is 0 Å². The molecule has 6 nitrogen and oxygen atoms in total. The maximum absolute atomic E-state index is 12.2. The van der Waals surface area contributed by atoms with Crippen LogP contribution in [0.1, 0.15) is 39.8 Å². The van der Waals surface area contributed by atoms with E-state index in [0.717, 1.165) is 16.9 Å². The Balaban J connectivity index is 1.52. The molecule has 2 amide bonds. The number of amides is 2. The number of ketones is 1. The summed E-state index contributed by atoms with van der Waals surface area (Å²) in [5.74, 6) is -0.540. The lowest BCUT2D eigenvalue weighted by atomic mass is 10.1. The molecule has 3 aromatic rings. The molecular formula is C22H20ClN3O3S. The number of benzene rings is 2. The fourth-order valence-corrected chi connectivity index (χ4v) is 3.76. The Morgan fingerprint density at radius 1 is 1.03 bits per heavy atom. The normalized spacial score (nSPS) is 10.5. The highest BCUT2D eigenvalue weighted by atomic mass is 35.5. The number of nitrogens with zero attached hydrogens (tertiary/aromatic N) is 1. The van der Waals surface area contributed by atoms with E-state index in [9.17, 15) is 14.4 Å². The van der Waals surface area contributed by atoms with Gasteiger partial charge in [0.1, 0.15) is 0 Å². The first kappa shape index (κ1) is 21.7. The highest BCUT2D eigenvalue weighted by Gasteiger charge is 2.17. The van der Waals surface area contributed by atoms with Crippen LogP contribution in [-0.2, 0) is 4.79 Å². The summed E-state index contributed by atoms with van der Waals surface area (Å²) in [5.41, 5.74) is 1.90. The van der Waals surface area contributed by atoms with Crippen molar-refractivity contribution in [2.45, 2.75) is 19.8 Å². The van der Waals surface area contributed by atoms with Gasteiger partial charge in [0.2, 0.25) is 5.91 Å². The number of thiazole rings is 1. The molecule has 1 aromatic heterocycles. The summed E-state index contributed by atoms with van der Waals surface area (Å²) >= 11 is 6.97. The topological polar surface area (TPSA) is 88.2 Å². The van der Waals surface area contributed by atoms with Crippen LogP contribution >= 0.6 is 22.9 Å². The van der Waals surface area contributed by atoms with Gasteiger partial charge >= 0.3 is 0 Å². The number of rotatable bonds is 8. The molecule has 30 heavy (non-hydrogen) atoms. The first-order chi connectivity index (χ1) is 14.4. The third-order valence-electron chi connectivity index (χ3n) is 4.21. The van der Waals surface area contributed by atoms with Gasteiger partial charge in [0.15, 0.2) is 10.9 Å². The van der Waals surface area contributed by atoms with Gasteiger partial charge in [-0.2, -0.15) is 0 Å². The zero-order valence-electron chi connectivity index (χ0n) is 16.3. The zero-order valence-corrected chi connectivity index (χ0v) is 17.8. The number of Topliss-reactive ketones (excluding diaryl/α,β-unsaturated/α-hetero) is 1. The van der Waals surface area contributed by atoms with Gasteiger partial charge in [-0.25, -0.2) is 4.98 Å².